The predicted octanol–water partition coefficient (Wildman–Crippen LogP) is -0.732. The fourth-order valence-electron chi connectivity index (χ4n) is 1.87. The van der Waals surface area contributed by atoms with Crippen molar-refractivity contribution in [3.05, 3.63) is 0 Å². The zero-order chi connectivity index (χ0) is 15.2. The van der Waals surface area contributed by atoms with Gasteiger partial charge in [0.15, 0.2) is 0 Å². The van der Waals surface area contributed by atoms with Gasteiger partial charge in [-0.15, -0.1) is 0 Å². The van der Waals surface area contributed by atoms with E-state index in [-0.39, 0.29) is 18.1 Å². The quantitative estimate of drug-likeness (QED) is 0.670. The van der Waals surface area contributed by atoms with Crippen molar-refractivity contribution in [2.45, 2.75) is 25.9 Å². The number of amides is 1. The lowest BCUT2D eigenvalue weighted by Gasteiger charge is -2.26. The molecular formula is C12H24N2O5S. The van der Waals surface area contributed by atoms with E-state index in [9.17, 15) is 13.2 Å². The highest BCUT2D eigenvalue weighted by Gasteiger charge is 2.25. The molecule has 1 unspecified atom stereocenters. The van der Waals surface area contributed by atoms with Gasteiger partial charge in [-0.05, 0) is 13.3 Å². The first-order valence-corrected chi connectivity index (χ1v) is 8.41. The summed E-state index contributed by atoms with van der Waals surface area (Å²) in [5.74, 6) is -0.396. The Bertz CT molecular complexity index is 404. The first-order chi connectivity index (χ1) is 9.33. The first kappa shape index (κ1) is 17.4. The normalized spacial score (nSPS) is 18.8. The maximum atomic E-state index is 12.0. The van der Waals surface area contributed by atoms with E-state index in [1.165, 1.54) is 9.21 Å². The number of carbonyl (C=O) groups excluding carboxylic acids is 1. The summed E-state index contributed by atoms with van der Waals surface area (Å²) in [5, 5.41) is 9.16. The van der Waals surface area contributed by atoms with Crippen LogP contribution in [0.3, 0.4) is 0 Å². The van der Waals surface area contributed by atoms with Gasteiger partial charge < -0.3 is 14.7 Å². The zero-order valence-corrected chi connectivity index (χ0v) is 12.9. The highest BCUT2D eigenvalue weighted by atomic mass is 32.2. The number of aliphatic hydroxyl groups excluding tert-OH is 1. The molecule has 0 aromatic heterocycles. The van der Waals surface area contributed by atoms with Gasteiger partial charge in [-0.1, -0.05) is 0 Å². The Kier molecular flexibility index (Phi) is 6.87. The lowest BCUT2D eigenvalue weighted by molar-refractivity contribution is -0.129. The molecule has 0 aromatic rings. The number of morpholine rings is 1. The second-order valence-electron chi connectivity index (χ2n) is 5.03. The summed E-state index contributed by atoms with van der Waals surface area (Å²) >= 11 is 0. The molecule has 1 heterocycles. The Morgan fingerprint density at radius 1 is 1.40 bits per heavy atom. The number of hydrogen-bond donors (Lipinski definition) is 1. The van der Waals surface area contributed by atoms with Crippen LogP contribution in [0.25, 0.3) is 0 Å². The van der Waals surface area contributed by atoms with Gasteiger partial charge in [0.1, 0.15) is 0 Å². The average molecular weight is 308 g/mol. The van der Waals surface area contributed by atoms with E-state index in [1.54, 1.807) is 14.0 Å². The van der Waals surface area contributed by atoms with Gasteiger partial charge in [-0.3, -0.25) is 4.79 Å². The van der Waals surface area contributed by atoms with Crippen LogP contribution in [0.15, 0.2) is 0 Å². The van der Waals surface area contributed by atoms with Gasteiger partial charge in [-0.2, -0.15) is 4.31 Å². The summed E-state index contributed by atoms with van der Waals surface area (Å²) in [6, 6.07) is 0. The molecule has 1 saturated heterocycles. The van der Waals surface area contributed by atoms with Gasteiger partial charge in [0.25, 0.3) is 0 Å². The second-order valence-corrected chi connectivity index (χ2v) is 7.12. The summed E-state index contributed by atoms with van der Waals surface area (Å²) < 4.78 is 30.6. The number of aliphatic hydroxyl groups is 1. The maximum absolute atomic E-state index is 12.0. The van der Waals surface area contributed by atoms with Crippen molar-refractivity contribution in [2.75, 3.05) is 45.6 Å². The smallest absolute Gasteiger partial charge is 0.223 e. The van der Waals surface area contributed by atoms with Crippen LogP contribution in [0.2, 0.25) is 0 Å². The lowest BCUT2D eigenvalue weighted by atomic mass is 10.2. The zero-order valence-electron chi connectivity index (χ0n) is 12.1. The molecule has 8 heteroatoms. The summed E-state index contributed by atoms with van der Waals surface area (Å²) in [6.07, 6.45) is -0.0172. The van der Waals surface area contributed by atoms with Gasteiger partial charge in [0, 0.05) is 33.1 Å². The van der Waals surface area contributed by atoms with E-state index in [0.717, 1.165) is 0 Å². The average Bonchev–Trinajstić information content (AvgIpc) is 2.43. The first-order valence-electron chi connectivity index (χ1n) is 6.80. The molecule has 1 amide bonds. The minimum Gasteiger partial charge on any atom is -0.393 e. The summed E-state index contributed by atoms with van der Waals surface area (Å²) in [5.41, 5.74) is 0. The molecule has 118 valence electrons. The molecule has 0 aliphatic carbocycles. The van der Waals surface area contributed by atoms with Crippen LogP contribution in [0, 0.1) is 0 Å². The molecule has 0 radical (unpaired) electrons. The van der Waals surface area contributed by atoms with Crippen LogP contribution < -0.4 is 0 Å². The van der Waals surface area contributed by atoms with Crippen LogP contribution in [0.5, 0.6) is 0 Å². The molecule has 1 atom stereocenters. The molecule has 7 nitrogen and oxygen atoms in total. The maximum Gasteiger partial charge on any atom is 0.223 e. The Labute approximate surface area is 120 Å². The largest absolute Gasteiger partial charge is 0.393 e. The number of hydrogen-bond acceptors (Lipinski definition) is 5. The van der Waals surface area contributed by atoms with Crippen LogP contribution in [-0.4, -0.2) is 80.4 Å². The molecule has 1 aliphatic rings. The van der Waals surface area contributed by atoms with Crippen molar-refractivity contribution < 1.29 is 23.1 Å². The number of ether oxygens (including phenoxy) is 1. The number of sulfonamides is 1. The molecular weight excluding hydrogens is 284 g/mol. The molecule has 1 fully saturated rings. The van der Waals surface area contributed by atoms with Crippen molar-refractivity contribution in [1.82, 2.24) is 9.21 Å². The van der Waals surface area contributed by atoms with Gasteiger partial charge in [0.05, 0.1) is 25.1 Å². The Balaban J connectivity index is 2.38. The fraction of sp³-hybridized carbons (Fsp3) is 0.917. The predicted molar refractivity (Wildman–Crippen MR) is 74.7 cm³/mol. The third-order valence-electron chi connectivity index (χ3n) is 3.25. The van der Waals surface area contributed by atoms with E-state index in [0.29, 0.717) is 39.3 Å². The SMILES string of the molecule is CC(O)CCN(C)C(=O)CCS(=O)(=O)N1CCOCC1. The van der Waals surface area contributed by atoms with E-state index < -0.39 is 16.1 Å². The molecule has 0 aromatic carbocycles. The molecule has 1 N–H and O–H groups in total. The number of nitrogens with zero attached hydrogens (tertiary/aromatic N) is 2. The Morgan fingerprint density at radius 2 is 2.00 bits per heavy atom. The Hall–Kier alpha value is -0.700. The van der Waals surface area contributed by atoms with Gasteiger partial charge in [0.2, 0.25) is 15.9 Å². The standard InChI is InChI=1S/C12H24N2O5S/c1-11(15)3-5-13(2)12(16)4-10-20(17,18)14-6-8-19-9-7-14/h11,15H,3-10H2,1-2H3. The summed E-state index contributed by atoms with van der Waals surface area (Å²) in [6.45, 7) is 3.60. The monoisotopic (exact) mass is 308 g/mol. The third-order valence-corrected chi connectivity index (χ3v) is 5.12. The topological polar surface area (TPSA) is 87.2 Å². The van der Waals surface area contributed by atoms with Crippen LogP contribution in [-0.2, 0) is 19.6 Å². The van der Waals surface area contributed by atoms with Crippen molar-refractivity contribution >= 4 is 15.9 Å². The van der Waals surface area contributed by atoms with Crippen molar-refractivity contribution in [3.8, 4) is 0 Å². The van der Waals surface area contributed by atoms with E-state index in [2.05, 4.69) is 0 Å². The van der Waals surface area contributed by atoms with Crippen LogP contribution >= 0.6 is 0 Å². The summed E-state index contributed by atoms with van der Waals surface area (Å²) in [7, 11) is -1.77. The molecule has 0 spiro atoms. The van der Waals surface area contributed by atoms with Crippen molar-refractivity contribution in [1.29, 1.82) is 0 Å². The minimum atomic E-state index is -3.39. The Morgan fingerprint density at radius 3 is 2.55 bits per heavy atom. The molecule has 0 saturated carbocycles. The number of carbonyl (C=O) groups is 1. The van der Waals surface area contributed by atoms with E-state index >= 15 is 0 Å². The third kappa shape index (κ3) is 5.74. The minimum absolute atomic E-state index is 0.0317. The summed E-state index contributed by atoms with van der Waals surface area (Å²) in [4.78, 5) is 13.3. The molecule has 1 rings (SSSR count). The fourth-order valence-corrected chi connectivity index (χ4v) is 3.26. The lowest BCUT2D eigenvalue weighted by Crippen LogP contribution is -2.42. The van der Waals surface area contributed by atoms with E-state index in [4.69, 9.17) is 9.84 Å². The second kappa shape index (κ2) is 7.92. The van der Waals surface area contributed by atoms with Crippen molar-refractivity contribution in [2.24, 2.45) is 0 Å². The van der Waals surface area contributed by atoms with Crippen LogP contribution in [0.1, 0.15) is 19.8 Å². The van der Waals surface area contributed by atoms with Gasteiger partial charge in [-0.25, -0.2) is 8.42 Å². The molecule has 1 aliphatic heterocycles. The highest BCUT2D eigenvalue weighted by molar-refractivity contribution is 7.89. The molecule has 0 bridgehead atoms. The van der Waals surface area contributed by atoms with Crippen LogP contribution in [0.4, 0.5) is 0 Å². The van der Waals surface area contributed by atoms with E-state index in [1.807, 2.05) is 0 Å². The molecule has 20 heavy (non-hydrogen) atoms. The number of rotatable bonds is 7. The highest BCUT2D eigenvalue weighted by Crippen LogP contribution is 2.08. The van der Waals surface area contributed by atoms with Gasteiger partial charge >= 0.3 is 0 Å². The van der Waals surface area contributed by atoms with Crippen molar-refractivity contribution in [3.63, 3.8) is 0 Å².